The first-order valence-corrected chi connectivity index (χ1v) is 6.95. The number of hydrogen-bond donors (Lipinski definition) is 1. The third-order valence-electron chi connectivity index (χ3n) is 4.12. The average Bonchev–Trinajstić information content (AvgIpc) is 2.47. The third kappa shape index (κ3) is 2.25. The summed E-state index contributed by atoms with van der Waals surface area (Å²) < 4.78 is 0. The van der Waals surface area contributed by atoms with Gasteiger partial charge in [-0.3, -0.25) is 4.98 Å². The molecule has 0 bridgehead atoms. The van der Waals surface area contributed by atoms with Crippen molar-refractivity contribution >= 4 is 10.9 Å². The fraction of sp³-hybridized carbons (Fsp3) is 0.438. The van der Waals surface area contributed by atoms with E-state index < -0.39 is 0 Å². The molecule has 2 aromatic rings. The molecule has 1 N–H and O–H groups in total. The van der Waals surface area contributed by atoms with Crippen LogP contribution in [-0.4, -0.2) is 11.5 Å². The lowest BCUT2D eigenvalue weighted by Gasteiger charge is -2.30. The molecule has 1 saturated heterocycles. The molecule has 0 aliphatic carbocycles. The zero-order valence-corrected chi connectivity index (χ0v) is 10.9. The molecule has 1 aromatic heterocycles. The van der Waals surface area contributed by atoms with Crippen LogP contribution in [0.5, 0.6) is 0 Å². The van der Waals surface area contributed by atoms with Crippen LogP contribution in [0.1, 0.15) is 37.8 Å². The Labute approximate surface area is 108 Å². The van der Waals surface area contributed by atoms with Crippen molar-refractivity contribution in [3.05, 3.63) is 42.1 Å². The van der Waals surface area contributed by atoms with E-state index in [2.05, 4.69) is 41.5 Å². The number of piperidine rings is 1. The molecule has 1 aliphatic rings. The number of pyridine rings is 1. The van der Waals surface area contributed by atoms with Crippen LogP contribution in [0, 0.1) is 5.92 Å². The van der Waals surface area contributed by atoms with E-state index in [1.807, 2.05) is 12.3 Å². The zero-order valence-electron chi connectivity index (χ0n) is 10.9. The lowest BCUT2D eigenvalue weighted by atomic mass is 9.87. The summed E-state index contributed by atoms with van der Waals surface area (Å²) in [4.78, 5) is 4.38. The van der Waals surface area contributed by atoms with E-state index in [0.717, 1.165) is 18.0 Å². The quantitative estimate of drug-likeness (QED) is 0.866. The molecule has 18 heavy (non-hydrogen) atoms. The zero-order chi connectivity index (χ0) is 12.4. The van der Waals surface area contributed by atoms with Gasteiger partial charge in [-0.05, 0) is 49.1 Å². The van der Waals surface area contributed by atoms with E-state index in [1.54, 1.807) is 0 Å². The summed E-state index contributed by atoms with van der Waals surface area (Å²) in [5.74, 6) is 0.876. The van der Waals surface area contributed by atoms with Gasteiger partial charge in [-0.15, -0.1) is 0 Å². The number of rotatable bonds is 2. The van der Waals surface area contributed by atoms with Crippen molar-refractivity contribution in [3.8, 4) is 0 Å². The van der Waals surface area contributed by atoms with Crippen LogP contribution in [0.25, 0.3) is 10.9 Å². The predicted octanol–water partition coefficient (Wildman–Crippen LogP) is 3.69. The highest BCUT2D eigenvalue weighted by atomic mass is 14.9. The molecule has 2 heteroatoms. The monoisotopic (exact) mass is 240 g/mol. The maximum atomic E-state index is 4.38. The first kappa shape index (κ1) is 11.7. The van der Waals surface area contributed by atoms with Crippen LogP contribution in [-0.2, 0) is 0 Å². The second kappa shape index (κ2) is 5.07. The summed E-state index contributed by atoms with van der Waals surface area (Å²) in [6, 6.07) is 11.3. The van der Waals surface area contributed by atoms with E-state index in [9.17, 15) is 0 Å². The minimum Gasteiger partial charge on any atom is -0.310 e. The molecular weight excluding hydrogens is 220 g/mol. The summed E-state index contributed by atoms with van der Waals surface area (Å²) in [5.41, 5.74) is 2.50. The number of fused-ring (bicyclic) bond motifs is 1. The second-order valence-electron chi connectivity index (χ2n) is 5.26. The first-order valence-electron chi connectivity index (χ1n) is 6.95. The number of nitrogens with zero attached hydrogens (tertiary/aromatic N) is 1. The van der Waals surface area contributed by atoms with E-state index in [0.29, 0.717) is 6.04 Å². The highest BCUT2D eigenvalue weighted by molar-refractivity contribution is 5.79. The molecule has 1 fully saturated rings. The van der Waals surface area contributed by atoms with Crippen LogP contribution in [0.15, 0.2) is 36.5 Å². The maximum absolute atomic E-state index is 4.38. The molecule has 0 amide bonds. The van der Waals surface area contributed by atoms with Crippen molar-refractivity contribution in [2.75, 3.05) is 6.54 Å². The second-order valence-corrected chi connectivity index (χ2v) is 5.26. The van der Waals surface area contributed by atoms with Gasteiger partial charge in [-0.25, -0.2) is 0 Å². The Morgan fingerprint density at radius 1 is 1.33 bits per heavy atom. The Balaban J connectivity index is 1.89. The molecule has 94 valence electrons. The van der Waals surface area contributed by atoms with Crippen LogP contribution in [0.4, 0.5) is 0 Å². The van der Waals surface area contributed by atoms with Gasteiger partial charge >= 0.3 is 0 Å². The Morgan fingerprint density at radius 2 is 2.28 bits per heavy atom. The van der Waals surface area contributed by atoms with Gasteiger partial charge in [-0.1, -0.05) is 25.5 Å². The third-order valence-corrected chi connectivity index (χ3v) is 4.12. The molecule has 2 nitrogen and oxygen atoms in total. The molecule has 3 rings (SSSR count). The summed E-state index contributed by atoms with van der Waals surface area (Å²) >= 11 is 0. The molecule has 0 saturated carbocycles. The fourth-order valence-electron chi connectivity index (χ4n) is 2.93. The smallest absolute Gasteiger partial charge is 0.0702 e. The Morgan fingerprint density at radius 3 is 3.17 bits per heavy atom. The molecule has 2 unspecified atom stereocenters. The number of benzene rings is 1. The molecule has 2 heterocycles. The standard InChI is InChI=1S/C16H20N2/c1-2-12-7-9-18-16(10-12)14-5-6-15-13(11-14)4-3-8-17-15/h3-6,8,11-12,16,18H,2,7,9-10H2,1H3. The number of hydrogen-bond acceptors (Lipinski definition) is 2. The van der Waals surface area contributed by atoms with E-state index >= 15 is 0 Å². The number of nitrogens with one attached hydrogen (secondary N) is 1. The normalized spacial score (nSPS) is 24.3. The van der Waals surface area contributed by atoms with Gasteiger partial charge in [0.1, 0.15) is 0 Å². The Bertz CT molecular complexity index is 535. The van der Waals surface area contributed by atoms with Crippen molar-refractivity contribution in [1.82, 2.24) is 10.3 Å². The summed E-state index contributed by atoms with van der Waals surface area (Å²) in [5, 5.41) is 4.89. The maximum Gasteiger partial charge on any atom is 0.0702 e. The highest BCUT2D eigenvalue weighted by Crippen LogP contribution is 2.30. The Kier molecular flexibility index (Phi) is 3.28. The average molecular weight is 240 g/mol. The van der Waals surface area contributed by atoms with Crippen LogP contribution >= 0.6 is 0 Å². The Hall–Kier alpha value is -1.41. The largest absolute Gasteiger partial charge is 0.310 e. The summed E-state index contributed by atoms with van der Waals surface area (Å²) in [7, 11) is 0. The van der Waals surface area contributed by atoms with Crippen molar-refractivity contribution < 1.29 is 0 Å². The number of aromatic nitrogens is 1. The lowest BCUT2D eigenvalue weighted by Crippen LogP contribution is -2.31. The van der Waals surface area contributed by atoms with E-state index in [4.69, 9.17) is 0 Å². The van der Waals surface area contributed by atoms with Crippen LogP contribution in [0.2, 0.25) is 0 Å². The van der Waals surface area contributed by atoms with Gasteiger partial charge in [0.2, 0.25) is 0 Å². The minimum atomic E-state index is 0.522. The minimum absolute atomic E-state index is 0.522. The fourth-order valence-corrected chi connectivity index (χ4v) is 2.93. The summed E-state index contributed by atoms with van der Waals surface area (Å²) in [6.45, 7) is 3.45. The van der Waals surface area contributed by atoms with Crippen molar-refractivity contribution in [2.45, 2.75) is 32.2 Å². The first-order chi connectivity index (χ1) is 8.86. The van der Waals surface area contributed by atoms with E-state index in [-0.39, 0.29) is 0 Å². The van der Waals surface area contributed by atoms with Crippen molar-refractivity contribution in [1.29, 1.82) is 0 Å². The van der Waals surface area contributed by atoms with Crippen molar-refractivity contribution in [3.63, 3.8) is 0 Å². The predicted molar refractivity (Wildman–Crippen MR) is 75.5 cm³/mol. The van der Waals surface area contributed by atoms with Gasteiger partial charge in [0, 0.05) is 17.6 Å². The molecule has 0 spiro atoms. The van der Waals surface area contributed by atoms with Gasteiger partial charge in [-0.2, -0.15) is 0 Å². The highest BCUT2D eigenvalue weighted by Gasteiger charge is 2.21. The topological polar surface area (TPSA) is 24.9 Å². The molecule has 2 atom stereocenters. The lowest BCUT2D eigenvalue weighted by molar-refractivity contribution is 0.299. The van der Waals surface area contributed by atoms with Gasteiger partial charge in [0.05, 0.1) is 5.52 Å². The van der Waals surface area contributed by atoms with Crippen LogP contribution in [0.3, 0.4) is 0 Å². The van der Waals surface area contributed by atoms with Gasteiger partial charge < -0.3 is 5.32 Å². The molecular formula is C16H20N2. The molecule has 1 aliphatic heterocycles. The van der Waals surface area contributed by atoms with Crippen LogP contribution < -0.4 is 5.32 Å². The SMILES string of the molecule is CCC1CCNC(c2ccc3ncccc3c2)C1. The molecule has 1 aromatic carbocycles. The van der Waals surface area contributed by atoms with Gasteiger partial charge in [0.15, 0.2) is 0 Å². The van der Waals surface area contributed by atoms with E-state index in [1.165, 1.54) is 30.2 Å². The van der Waals surface area contributed by atoms with Crippen molar-refractivity contribution in [2.24, 2.45) is 5.92 Å². The van der Waals surface area contributed by atoms with Gasteiger partial charge in [0.25, 0.3) is 0 Å². The summed E-state index contributed by atoms with van der Waals surface area (Å²) in [6.07, 6.45) is 5.74. The molecule has 0 radical (unpaired) electrons.